The molecule has 0 aliphatic carbocycles. The average Bonchev–Trinajstić information content (AvgIpc) is 3.02. The summed E-state index contributed by atoms with van der Waals surface area (Å²) in [6.07, 6.45) is 1.18. The molecule has 0 unspecified atom stereocenters. The van der Waals surface area contributed by atoms with Gasteiger partial charge in [-0.15, -0.1) is 0 Å². The lowest BCUT2D eigenvalue weighted by molar-refractivity contribution is -0.139. The number of ether oxygens (including phenoxy) is 1. The van der Waals surface area contributed by atoms with Crippen molar-refractivity contribution in [1.29, 1.82) is 0 Å². The number of hydrogen-bond donors (Lipinski definition) is 3. The van der Waals surface area contributed by atoms with E-state index in [-0.39, 0.29) is 6.42 Å². The fraction of sp³-hybridized carbons (Fsp3) is 0.273. The molecule has 0 aliphatic heterocycles. The van der Waals surface area contributed by atoms with E-state index in [1.807, 2.05) is 48.5 Å². The molecule has 1 aromatic heterocycles. The third-order valence-corrected chi connectivity index (χ3v) is 4.29. The number of aromatic nitrogens is 1. The van der Waals surface area contributed by atoms with E-state index in [0.717, 1.165) is 27.6 Å². The SMILES string of the molecule is CC(C)(C)OC(=O)N[C@@H](Cc1c[nH]c2ccc(-c3ccccc3)cc12)C(=O)O. The summed E-state index contributed by atoms with van der Waals surface area (Å²) in [5.74, 6) is -1.11. The molecule has 6 nitrogen and oxygen atoms in total. The molecule has 0 saturated carbocycles. The minimum atomic E-state index is -1.11. The second-order valence-corrected chi connectivity index (χ2v) is 7.68. The lowest BCUT2D eigenvalue weighted by Gasteiger charge is -2.22. The number of hydrogen-bond acceptors (Lipinski definition) is 3. The Labute approximate surface area is 163 Å². The van der Waals surface area contributed by atoms with Gasteiger partial charge in [-0.3, -0.25) is 0 Å². The zero-order chi connectivity index (χ0) is 20.3. The number of alkyl carbamates (subject to hydrolysis) is 1. The van der Waals surface area contributed by atoms with Crippen LogP contribution >= 0.6 is 0 Å². The topological polar surface area (TPSA) is 91.4 Å². The van der Waals surface area contributed by atoms with Gasteiger partial charge >= 0.3 is 12.1 Å². The molecule has 28 heavy (non-hydrogen) atoms. The van der Waals surface area contributed by atoms with Gasteiger partial charge in [0.15, 0.2) is 0 Å². The van der Waals surface area contributed by atoms with Gasteiger partial charge in [-0.05, 0) is 49.6 Å². The summed E-state index contributed by atoms with van der Waals surface area (Å²) >= 11 is 0. The maximum Gasteiger partial charge on any atom is 0.408 e. The molecular formula is C22H24N2O4. The van der Waals surface area contributed by atoms with Gasteiger partial charge < -0.3 is 20.1 Å². The Kier molecular flexibility index (Phi) is 5.40. The Balaban J connectivity index is 1.85. The van der Waals surface area contributed by atoms with Crippen LogP contribution in [-0.4, -0.2) is 33.8 Å². The molecule has 0 fully saturated rings. The van der Waals surface area contributed by atoms with Crippen molar-refractivity contribution in [3.05, 3.63) is 60.3 Å². The number of carbonyl (C=O) groups is 2. The number of fused-ring (bicyclic) bond motifs is 1. The second kappa shape index (κ2) is 7.76. The van der Waals surface area contributed by atoms with Crippen molar-refractivity contribution in [3.63, 3.8) is 0 Å². The third kappa shape index (κ3) is 4.71. The molecule has 3 aromatic rings. The molecule has 1 atom stereocenters. The standard InChI is InChI=1S/C22H24N2O4/c1-22(2,3)28-21(27)24-19(20(25)26)12-16-13-23-18-10-9-15(11-17(16)18)14-7-5-4-6-8-14/h4-11,13,19,23H,12H2,1-3H3,(H,24,27)(H,25,26)/t19-/m0/s1. The molecule has 3 N–H and O–H groups in total. The summed E-state index contributed by atoms with van der Waals surface area (Å²) in [5.41, 5.74) is 3.16. The van der Waals surface area contributed by atoms with E-state index in [4.69, 9.17) is 4.74 Å². The van der Waals surface area contributed by atoms with Crippen LogP contribution in [0.25, 0.3) is 22.0 Å². The first-order chi connectivity index (χ1) is 13.2. The lowest BCUT2D eigenvalue weighted by atomic mass is 10.00. The number of aliphatic carboxylic acids is 1. The smallest absolute Gasteiger partial charge is 0.408 e. The maximum atomic E-state index is 12.0. The van der Waals surface area contributed by atoms with Crippen molar-refractivity contribution in [2.24, 2.45) is 0 Å². The summed E-state index contributed by atoms with van der Waals surface area (Å²) in [7, 11) is 0. The van der Waals surface area contributed by atoms with Gasteiger partial charge in [-0.2, -0.15) is 0 Å². The summed E-state index contributed by atoms with van der Waals surface area (Å²) in [6.45, 7) is 5.19. The highest BCUT2D eigenvalue weighted by Crippen LogP contribution is 2.27. The highest BCUT2D eigenvalue weighted by molar-refractivity contribution is 5.89. The highest BCUT2D eigenvalue weighted by atomic mass is 16.6. The van der Waals surface area contributed by atoms with E-state index >= 15 is 0 Å². The van der Waals surface area contributed by atoms with Crippen molar-refractivity contribution in [2.45, 2.75) is 38.8 Å². The fourth-order valence-electron chi connectivity index (χ4n) is 3.03. The van der Waals surface area contributed by atoms with Gasteiger partial charge in [-0.25, -0.2) is 9.59 Å². The van der Waals surface area contributed by atoms with Crippen LogP contribution in [0.15, 0.2) is 54.7 Å². The quantitative estimate of drug-likeness (QED) is 0.613. The number of nitrogens with one attached hydrogen (secondary N) is 2. The molecule has 1 amide bonds. The maximum absolute atomic E-state index is 12.0. The number of carboxylic acids is 1. The average molecular weight is 380 g/mol. The van der Waals surface area contributed by atoms with E-state index < -0.39 is 23.7 Å². The van der Waals surface area contributed by atoms with Crippen molar-refractivity contribution < 1.29 is 19.4 Å². The van der Waals surface area contributed by atoms with Crippen LogP contribution in [-0.2, 0) is 16.0 Å². The molecule has 2 aromatic carbocycles. The van der Waals surface area contributed by atoms with Gasteiger partial charge in [0.25, 0.3) is 0 Å². The number of rotatable bonds is 5. The summed E-state index contributed by atoms with van der Waals surface area (Å²) in [4.78, 5) is 26.8. The molecule has 0 radical (unpaired) electrons. The zero-order valence-corrected chi connectivity index (χ0v) is 16.2. The van der Waals surface area contributed by atoms with Gasteiger partial charge in [-0.1, -0.05) is 36.4 Å². The largest absolute Gasteiger partial charge is 0.480 e. The fourth-order valence-corrected chi connectivity index (χ4v) is 3.03. The Morgan fingerprint density at radius 1 is 1.11 bits per heavy atom. The Morgan fingerprint density at radius 2 is 1.82 bits per heavy atom. The Hall–Kier alpha value is -3.28. The first-order valence-electron chi connectivity index (χ1n) is 9.11. The molecular weight excluding hydrogens is 356 g/mol. The molecule has 0 spiro atoms. The first-order valence-corrected chi connectivity index (χ1v) is 9.11. The monoisotopic (exact) mass is 380 g/mol. The minimum absolute atomic E-state index is 0.146. The van der Waals surface area contributed by atoms with Crippen LogP contribution in [0.5, 0.6) is 0 Å². The lowest BCUT2D eigenvalue weighted by Crippen LogP contribution is -2.44. The summed E-state index contributed by atoms with van der Waals surface area (Å²) in [5, 5.41) is 12.9. The molecule has 146 valence electrons. The second-order valence-electron chi connectivity index (χ2n) is 7.68. The molecule has 6 heteroatoms. The normalized spacial score (nSPS) is 12.5. The van der Waals surface area contributed by atoms with Crippen molar-refractivity contribution in [2.75, 3.05) is 0 Å². The van der Waals surface area contributed by atoms with E-state index in [9.17, 15) is 14.7 Å². The van der Waals surface area contributed by atoms with Crippen molar-refractivity contribution in [3.8, 4) is 11.1 Å². The number of H-pyrrole nitrogens is 1. The van der Waals surface area contributed by atoms with Crippen LogP contribution in [0, 0.1) is 0 Å². The van der Waals surface area contributed by atoms with Crippen LogP contribution in [0.2, 0.25) is 0 Å². The van der Waals surface area contributed by atoms with E-state index in [2.05, 4.69) is 10.3 Å². The van der Waals surface area contributed by atoms with Crippen LogP contribution in [0.3, 0.4) is 0 Å². The number of carbonyl (C=O) groups excluding carboxylic acids is 1. The van der Waals surface area contributed by atoms with Crippen molar-refractivity contribution in [1.82, 2.24) is 10.3 Å². The molecule has 0 bridgehead atoms. The molecule has 0 aliphatic rings. The Morgan fingerprint density at radius 3 is 2.46 bits per heavy atom. The number of aromatic amines is 1. The van der Waals surface area contributed by atoms with Gasteiger partial charge in [0.2, 0.25) is 0 Å². The van der Waals surface area contributed by atoms with Crippen LogP contribution < -0.4 is 5.32 Å². The van der Waals surface area contributed by atoms with Gasteiger partial charge in [0.05, 0.1) is 0 Å². The third-order valence-electron chi connectivity index (χ3n) is 4.29. The van der Waals surface area contributed by atoms with Crippen LogP contribution in [0.4, 0.5) is 4.79 Å². The van der Waals surface area contributed by atoms with Crippen LogP contribution in [0.1, 0.15) is 26.3 Å². The van der Waals surface area contributed by atoms with E-state index in [1.165, 1.54) is 0 Å². The number of carboxylic acid groups (broad SMARTS) is 1. The first kappa shape index (κ1) is 19.5. The number of amides is 1. The van der Waals surface area contributed by atoms with Gasteiger partial charge in [0, 0.05) is 23.5 Å². The molecule has 3 rings (SSSR count). The molecule has 1 heterocycles. The number of benzene rings is 2. The zero-order valence-electron chi connectivity index (χ0n) is 16.2. The van der Waals surface area contributed by atoms with E-state index in [1.54, 1.807) is 27.0 Å². The van der Waals surface area contributed by atoms with Gasteiger partial charge in [0.1, 0.15) is 11.6 Å². The predicted molar refractivity (Wildman–Crippen MR) is 108 cm³/mol. The molecule has 0 saturated heterocycles. The van der Waals surface area contributed by atoms with Crippen molar-refractivity contribution >= 4 is 23.0 Å². The predicted octanol–water partition coefficient (Wildman–Crippen LogP) is 4.36. The summed E-state index contributed by atoms with van der Waals surface area (Å²) < 4.78 is 5.18. The van der Waals surface area contributed by atoms with E-state index in [0.29, 0.717) is 0 Å². The minimum Gasteiger partial charge on any atom is -0.480 e. The Bertz CT molecular complexity index is 987. The highest BCUT2D eigenvalue weighted by Gasteiger charge is 2.25. The summed E-state index contributed by atoms with van der Waals surface area (Å²) in [6, 6.07) is 14.9.